The highest BCUT2D eigenvalue weighted by Crippen LogP contribution is 2.11. The Morgan fingerprint density at radius 3 is 2.72 bits per heavy atom. The van der Waals surface area contributed by atoms with Crippen molar-refractivity contribution in [2.24, 2.45) is 0 Å². The van der Waals surface area contributed by atoms with Crippen molar-refractivity contribution < 1.29 is 24.2 Å². The summed E-state index contributed by atoms with van der Waals surface area (Å²) >= 11 is 0. The van der Waals surface area contributed by atoms with Crippen molar-refractivity contribution in [1.82, 2.24) is 10.2 Å². The van der Waals surface area contributed by atoms with Crippen LogP contribution in [-0.4, -0.2) is 68.1 Å². The zero-order valence-corrected chi connectivity index (χ0v) is 10.6. The second-order valence-electron chi connectivity index (χ2n) is 4.12. The molecule has 7 nitrogen and oxygen atoms in total. The molecule has 1 heterocycles. The van der Waals surface area contributed by atoms with Gasteiger partial charge in [0.15, 0.2) is 0 Å². The van der Waals surface area contributed by atoms with Crippen LogP contribution in [0.3, 0.4) is 0 Å². The largest absolute Gasteiger partial charge is 0.481 e. The molecular weight excluding hydrogens is 240 g/mol. The standard InChI is InChI=1S/C11H20N2O5/c1-17-5-2-6-18-9-7-13(8-9)11(16)12-4-3-10(14)15/h9H,2-8H2,1H3,(H,12,16)(H,14,15). The summed E-state index contributed by atoms with van der Waals surface area (Å²) in [4.78, 5) is 23.3. The topological polar surface area (TPSA) is 88.1 Å². The van der Waals surface area contributed by atoms with E-state index in [-0.39, 0.29) is 25.1 Å². The SMILES string of the molecule is COCCCOC1CN(C(=O)NCCC(=O)O)C1. The summed E-state index contributed by atoms with van der Waals surface area (Å²) in [5.41, 5.74) is 0. The Hall–Kier alpha value is -1.34. The number of likely N-dealkylation sites (tertiary alicyclic amines) is 1. The Morgan fingerprint density at radius 2 is 2.11 bits per heavy atom. The summed E-state index contributed by atoms with van der Waals surface area (Å²) in [5, 5.41) is 11.0. The van der Waals surface area contributed by atoms with Gasteiger partial charge in [-0.2, -0.15) is 0 Å². The first-order valence-corrected chi connectivity index (χ1v) is 5.98. The number of ether oxygens (including phenoxy) is 2. The summed E-state index contributed by atoms with van der Waals surface area (Å²) in [6.07, 6.45) is 0.876. The van der Waals surface area contributed by atoms with Crippen molar-refractivity contribution >= 4 is 12.0 Å². The molecule has 0 aliphatic carbocycles. The van der Waals surface area contributed by atoms with Gasteiger partial charge in [0.25, 0.3) is 0 Å². The molecule has 18 heavy (non-hydrogen) atoms. The number of aliphatic carboxylic acids is 1. The molecule has 1 rings (SSSR count). The summed E-state index contributed by atoms with van der Waals surface area (Å²) in [6.45, 7) is 2.58. The van der Waals surface area contributed by atoms with Crippen molar-refractivity contribution in [1.29, 1.82) is 0 Å². The molecule has 0 aromatic rings. The maximum Gasteiger partial charge on any atom is 0.317 e. The molecule has 0 aromatic heterocycles. The molecule has 0 atom stereocenters. The number of nitrogens with one attached hydrogen (secondary N) is 1. The lowest BCUT2D eigenvalue weighted by molar-refractivity contribution is -0.136. The van der Waals surface area contributed by atoms with Crippen LogP contribution in [0, 0.1) is 0 Å². The van der Waals surface area contributed by atoms with Crippen LogP contribution in [-0.2, 0) is 14.3 Å². The van der Waals surface area contributed by atoms with Gasteiger partial charge in [-0.05, 0) is 6.42 Å². The lowest BCUT2D eigenvalue weighted by Gasteiger charge is -2.38. The number of carbonyl (C=O) groups is 2. The third-order valence-corrected chi connectivity index (χ3v) is 2.60. The normalized spacial score (nSPS) is 15.3. The molecular formula is C11H20N2O5. The Labute approximate surface area is 106 Å². The number of hydrogen-bond donors (Lipinski definition) is 2. The van der Waals surface area contributed by atoms with Crippen molar-refractivity contribution in [2.75, 3.05) is 40.0 Å². The van der Waals surface area contributed by atoms with Gasteiger partial charge in [0.1, 0.15) is 0 Å². The number of hydrogen-bond acceptors (Lipinski definition) is 4. The summed E-state index contributed by atoms with van der Waals surface area (Å²) in [5.74, 6) is -0.918. The molecule has 2 amide bonds. The Balaban J connectivity index is 1.99. The number of methoxy groups -OCH3 is 1. The molecule has 1 fully saturated rings. The van der Waals surface area contributed by atoms with Crippen LogP contribution >= 0.6 is 0 Å². The van der Waals surface area contributed by atoms with E-state index in [4.69, 9.17) is 14.6 Å². The molecule has 7 heteroatoms. The van der Waals surface area contributed by atoms with Crippen LogP contribution in [0.4, 0.5) is 4.79 Å². The minimum absolute atomic E-state index is 0.0590. The first-order valence-electron chi connectivity index (χ1n) is 5.98. The van der Waals surface area contributed by atoms with Gasteiger partial charge in [0.05, 0.1) is 25.6 Å². The number of carbonyl (C=O) groups excluding carboxylic acids is 1. The predicted molar refractivity (Wildman–Crippen MR) is 63.5 cm³/mol. The third-order valence-electron chi connectivity index (χ3n) is 2.60. The van der Waals surface area contributed by atoms with Gasteiger partial charge in [0, 0.05) is 26.9 Å². The zero-order valence-electron chi connectivity index (χ0n) is 10.6. The molecule has 2 N–H and O–H groups in total. The Morgan fingerprint density at radius 1 is 1.39 bits per heavy atom. The van der Waals surface area contributed by atoms with E-state index in [0.717, 1.165) is 6.42 Å². The van der Waals surface area contributed by atoms with Gasteiger partial charge in [-0.15, -0.1) is 0 Å². The van der Waals surface area contributed by atoms with E-state index in [9.17, 15) is 9.59 Å². The molecule has 0 unspecified atom stereocenters. The monoisotopic (exact) mass is 260 g/mol. The maximum absolute atomic E-state index is 11.5. The fourth-order valence-electron chi connectivity index (χ4n) is 1.55. The molecule has 0 radical (unpaired) electrons. The Bertz CT molecular complexity index is 279. The zero-order chi connectivity index (χ0) is 13.4. The summed E-state index contributed by atoms with van der Waals surface area (Å²) in [6, 6.07) is -0.229. The average Bonchev–Trinajstić information content (AvgIpc) is 2.25. The number of carboxylic acid groups (broad SMARTS) is 1. The van der Waals surface area contributed by atoms with Crippen LogP contribution in [0.1, 0.15) is 12.8 Å². The van der Waals surface area contributed by atoms with Crippen molar-refractivity contribution in [2.45, 2.75) is 18.9 Å². The molecule has 1 aliphatic heterocycles. The van der Waals surface area contributed by atoms with Crippen LogP contribution in [0.25, 0.3) is 0 Å². The van der Waals surface area contributed by atoms with E-state index in [1.807, 2.05) is 0 Å². The highest BCUT2D eigenvalue weighted by Gasteiger charge is 2.30. The molecule has 0 bridgehead atoms. The van der Waals surface area contributed by atoms with E-state index in [0.29, 0.717) is 26.3 Å². The van der Waals surface area contributed by atoms with E-state index in [1.54, 1.807) is 12.0 Å². The first kappa shape index (κ1) is 14.7. The predicted octanol–water partition coefficient (Wildman–Crippen LogP) is -0.0920. The van der Waals surface area contributed by atoms with E-state index < -0.39 is 5.97 Å². The summed E-state index contributed by atoms with van der Waals surface area (Å²) < 4.78 is 10.4. The maximum atomic E-state index is 11.5. The van der Waals surface area contributed by atoms with Gasteiger partial charge < -0.3 is 24.8 Å². The fourth-order valence-corrected chi connectivity index (χ4v) is 1.55. The average molecular weight is 260 g/mol. The van der Waals surface area contributed by atoms with Crippen molar-refractivity contribution in [3.05, 3.63) is 0 Å². The first-order chi connectivity index (χ1) is 8.63. The molecule has 1 aliphatic rings. The van der Waals surface area contributed by atoms with Gasteiger partial charge in [-0.25, -0.2) is 4.79 Å². The van der Waals surface area contributed by atoms with E-state index in [2.05, 4.69) is 5.32 Å². The van der Waals surface area contributed by atoms with Crippen LogP contribution < -0.4 is 5.32 Å². The van der Waals surface area contributed by atoms with Crippen molar-refractivity contribution in [3.63, 3.8) is 0 Å². The van der Waals surface area contributed by atoms with Gasteiger partial charge in [-0.3, -0.25) is 4.79 Å². The van der Waals surface area contributed by atoms with Crippen molar-refractivity contribution in [3.8, 4) is 0 Å². The van der Waals surface area contributed by atoms with Crippen LogP contribution in [0.15, 0.2) is 0 Å². The second-order valence-corrected chi connectivity index (χ2v) is 4.12. The molecule has 0 aromatic carbocycles. The summed E-state index contributed by atoms with van der Waals surface area (Å²) in [7, 11) is 1.65. The number of nitrogens with zero attached hydrogens (tertiary/aromatic N) is 1. The molecule has 104 valence electrons. The van der Waals surface area contributed by atoms with Crippen LogP contribution in [0.2, 0.25) is 0 Å². The number of carboxylic acids is 1. The van der Waals surface area contributed by atoms with E-state index >= 15 is 0 Å². The molecule has 0 saturated carbocycles. The minimum Gasteiger partial charge on any atom is -0.481 e. The van der Waals surface area contributed by atoms with Gasteiger partial charge in [-0.1, -0.05) is 0 Å². The number of rotatable bonds is 8. The van der Waals surface area contributed by atoms with E-state index in [1.165, 1.54) is 0 Å². The van der Waals surface area contributed by atoms with Gasteiger partial charge >= 0.3 is 12.0 Å². The highest BCUT2D eigenvalue weighted by atomic mass is 16.5. The van der Waals surface area contributed by atoms with Gasteiger partial charge in [0.2, 0.25) is 0 Å². The number of amides is 2. The lowest BCUT2D eigenvalue weighted by atomic mass is 10.2. The smallest absolute Gasteiger partial charge is 0.317 e. The quantitative estimate of drug-likeness (QED) is 0.595. The minimum atomic E-state index is -0.918. The van der Waals surface area contributed by atoms with Crippen LogP contribution in [0.5, 0.6) is 0 Å². The third kappa shape index (κ3) is 5.33. The highest BCUT2D eigenvalue weighted by molar-refractivity contribution is 5.76. The Kier molecular flexibility index (Phi) is 6.45. The number of urea groups is 1. The second kappa shape index (κ2) is 7.88. The lowest BCUT2D eigenvalue weighted by Crippen LogP contribution is -2.57. The molecule has 0 spiro atoms. The molecule has 1 saturated heterocycles. The fraction of sp³-hybridized carbons (Fsp3) is 0.818.